The lowest BCUT2D eigenvalue weighted by Crippen LogP contribution is -2.13. The normalized spacial score (nSPS) is 11.3. The van der Waals surface area contributed by atoms with Gasteiger partial charge in [0.15, 0.2) is 0 Å². The molecule has 0 aliphatic heterocycles. The Bertz CT molecular complexity index is 1220. The van der Waals surface area contributed by atoms with Gasteiger partial charge in [-0.15, -0.1) is 0 Å². The molecule has 0 bridgehead atoms. The number of hydrogen-bond acceptors (Lipinski definition) is 5. The smallest absolute Gasteiger partial charge is 0.263 e. The summed E-state index contributed by atoms with van der Waals surface area (Å²) in [6, 6.07) is 17.5. The van der Waals surface area contributed by atoms with Crippen LogP contribution in [-0.2, 0) is 10.0 Å². The molecule has 4 rings (SSSR count). The van der Waals surface area contributed by atoms with Crippen LogP contribution in [-0.4, -0.2) is 18.4 Å². The number of aromatic nitrogens is 2. The maximum Gasteiger partial charge on any atom is 0.263 e. The summed E-state index contributed by atoms with van der Waals surface area (Å²) < 4.78 is 40.0. The standard InChI is InChI=1S/C20H15FN4O2S/c21-15-6-9-17(10-7-15)28(26,27)25-19-11-8-16(13-23-19)24-18-5-1-3-14-4-2-12-22-20(14)18/h1-13,24H,(H,23,25). The molecule has 0 aliphatic carbocycles. The minimum Gasteiger partial charge on any atom is -0.352 e. The summed E-state index contributed by atoms with van der Waals surface area (Å²) in [5.41, 5.74) is 2.33. The van der Waals surface area contributed by atoms with Gasteiger partial charge in [0.1, 0.15) is 11.6 Å². The van der Waals surface area contributed by atoms with Crippen LogP contribution in [0, 0.1) is 5.82 Å². The summed E-state index contributed by atoms with van der Waals surface area (Å²) >= 11 is 0. The molecular formula is C20H15FN4O2S. The second-order valence-electron chi connectivity index (χ2n) is 6.00. The van der Waals surface area contributed by atoms with Gasteiger partial charge in [-0.25, -0.2) is 17.8 Å². The molecule has 2 aromatic heterocycles. The quantitative estimate of drug-likeness (QED) is 0.527. The average Bonchev–Trinajstić information content (AvgIpc) is 2.70. The first kappa shape index (κ1) is 17.9. The van der Waals surface area contributed by atoms with Crippen molar-refractivity contribution in [2.45, 2.75) is 4.90 Å². The zero-order valence-electron chi connectivity index (χ0n) is 14.5. The predicted molar refractivity (Wildman–Crippen MR) is 106 cm³/mol. The van der Waals surface area contributed by atoms with Crippen molar-refractivity contribution >= 4 is 38.1 Å². The number of hydrogen-bond donors (Lipinski definition) is 2. The zero-order valence-corrected chi connectivity index (χ0v) is 15.3. The zero-order chi connectivity index (χ0) is 19.6. The third kappa shape index (κ3) is 3.77. The van der Waals surface area contributed by atoms with Crippen LogP contribution in [0.5, 0.6) is 0 Å². The molecule has 0 saturated carbocycles. The lowest BCUT2D eigenvalue weighted by Gasteiger charge is -2.10. The van der Waals surface area contributed by atoms with E-state index in [1.807, 2.05) is 30.3 Å². The van der Waals surface area contributed by atoms with Crippen LogP contribution in [0.3, 0.4) is 0 Å². The first-order valence-corrected chi connectivity index (χ1v) is 9.85. The molecule has 0 spiro atoms. The fourth-order valence-corrected chi connectivity index (χ4v) is 3.71. The van der Waals surface area contributed by atoms with Gasteiger partial charge in [0, 0.05) is 11.6 Å². The molecule has 0 amide bonds. The molecular weight excluding hydrogens is 379 g/mol. The highest BCUT2D eigenvalue weighted by atomic mass is 32.2. The van der Waals surface area contributed by atoms with Crippen molar-refractivity contribution in [1.82, 2.24) is 9.97 Å². The van der Waals surface area contributed by atoms with Gasteiger partial charge in [-0.2, -0.15) is 0 Å². The number of pyridine rings is 2. The summed E-state index contributed by atoms with van der Waals surface area (Å²) in [6.07, 6.45) is 3.24. The Hall–Kier alpha value is -3.52. The number of nitrogens with one attached hydrogen (secondary N) is 2. The number of halogens is 1. The lowest BCUT2D eigenvalue weighted by atomic mass is 10.2. The third-order valence-corrected chi connectivity index (χ3v) is 5.41. The number of rotatable bonds is 5. The summed E-state index contributed by atoms with van der Waals surface area (Å²) in [6.45, 7) is 0. The topological polar surface area (TPSA) is 84.0 Å². The molecule has 2 heterocycles. The van der Waals surface area contributed by atoms with E-state index in [0.717, 1.165) is 28.7 Å². The molecule has 140 valence electrons. The van der Waals surface area contributed by atoms with Gasteiger partial charge in [0.2, 0.25) is 0 Å². The fraction of sp³-hybridized carbons (Fsp3) is 0. The van der Waals surface area contributed by atoms with Crippen molar-refractivity contribution in [3.05, 3.63) is 84.9 Å². The molecule has 0 unspecified atom stereocenters. The first-order chi connectivity index (χ1) is 13.5. The summed E-state index contributed by atoms with van der Waals surface area (Å²) in [5.74, 6) is -0.346. The van der Waals surface area contributed by atoms with E-state index in [1.54, 1.807) is 18.3 Å². The van der Waals surface area contributed by atoms with E-state index in [9.17, 15) is 12.8 Å². The van der Waals surface area contributed by atoms with Gasteiger partial charge >= 0.3 is 0 Å². The Kier molecular flexibility index (Phi) is 4.62. The van der Waals surface area contributed by atoms with Gasteiger partial charge in [0.05, 0.1) is 28.0 Å². The summed E-state index contributed by atoms with van der Waals surface area (Å²) in [4.78, 5) is 8.48. The lowest BCUT2D eigenvalue weighted by molar-refractivity contribution is 0.599. The second-order valence-corrected chi connectivity index (χ2v) is 7.68. The van der Waals surface area contributed by atoms with Crippen LogP contribution >= 0.6 is 0 Å². The predicted octanol–water partition coefficient (Wildman–Crippen LogP) is 4.31. The SMILES string of the molecule is O=S(=O)(Nc1ccc(Nc2cccc3cccnc23)cn1)c1ccc(F)cc1. The number of benzene rings is 2. The molecule has 0 radical (unpaired) electrons. The Morgan fingerprint density at radius 3 is 2.39 bits per heavy atom. The Morgan fingerprint density at radius 2 is 1.64 bits per heavy atom. The molecule has 2 aromatic carbocycles. The molecule has 28 heavy (non-hydrogen) atoms. The maximum atomic E-state index is 13.0. The molecule has 2 N–H and O–H groups in total. The van der Waals surface area contributed by atoms with Gasteiger partial charge in [-0.1, -0.05) is 18.2 Å². The van der Waals surface area contributed by atoms with Crippen molar-refractivity contribution in [2.75, 3.05) is 10.0 Å². The van der Waals surface area contributed by atoms with E-state index in [-0.39, 0.29) is 10.7 Å². The number of para-hydroxylation sites is 1. The summed E-state index contributed by atoms with van der Waals surface area (Å²) in [7, 11) is -3.84. The summed E-state index contributed by atoms with van der Waals surface area (Å²) in [5, 5.41) is 4.23. The highest BCUT2D eigenvalue weighted by Gasteiger charge is 2.14. The van der Waals surface area contributed by atoms with Crippen LogP contribution in [0.4, 0.5) is 21.6 Å². The van der Waals surface area contributed by atoms with Crippen LogP contribution in [0.2, 0.25) is 0 Å². The minimum atomic E-state index is -3.84. The molecule has 0 aliphatic rings. The largest absolute Gasteiger partial charge is 0.352 e. The van der Waals surface area contributed by atoms with E-state index in [4.69, 9.17) is 0 Å². The Balaban J connectivity index is 1.53. The van der Waals surface area contributed by atoms with Crippen LogP contribution in [0.1, 0.15) is 0 Å². The van der Waals surface area contributed by atoms with Crippen LogP contribution < -0.4 is 10.0 Å². The third-order valence-electron chi connectivity index (χ3n) is 4.04. The van der Waals surface area contributed by atoms with Crippen molar-refractivity contribution in [2.24, 2.45) is 0 Å². The second kappa shape index (κ2) is 7.24. The van der Waals surface area contributed by atoms with Crippen LogP contribution in [0.15, 0.2) is 84.0 Å². The van der Waals surface area contributed by atoms with E-state index in [0.29, 0.717) is 5.69 Å². The average molecular weight is 394 g/mol. The maximum absolute atomic E-state index is 13.0. The Morgan fingerprint density at radius 1 is 0.857 bits per heavy atom. The van der Waals surface area contributed by atoms with E-state index in [2.05, 4.69) is 20.0 Å². The number of anilines is 3. The van der Waals surface area contributed by atoms with E-state index in [1.165, 1.54) is 18.3 Å². The van der Waals surface area contributed by atoms with Gasteiger partial charge < -0.3 is 5.32 Å². The van der Waals surface area contributed by atoms with Gasteiger partial charge in [0.25, 0.3) is 10.0 Å². The van der Waals surface area contributed by atoms with Crippen molar-refractivity contribution in [3.63, 3.8) is 0 Å². The molecule has 6 nitrogen and oxygen atoms in total. The van der Waals surface area contributed by atoms with E-state index < -0.39 is 15.8 Å². The highest BCUT2D eigenvalue weighted by Crippen LogP contribution is 2.25. The highest BCUT2D eigenvalue weighted by molar-refractivity contribution is 7.92. The molecule has 0 fully saturated rings. The molecule has 0 atom stereocenters. The van der Waals surface area contributed by atoms with E-state index >= 15 is 0 Å². The number of fused-ring (bicyclic) bond motifs is 1. The number of nitrogens with zero attached hydrogens (tertiary/aromatic N) is 2. The monoisotopic (exact) mass is 394 g/mol. The van der Waals surface area contributed by atoms with Gasteiger partial charge in [-0.3, -0.25) is 9.71 Å². The molecule has 4 aromatic rings. The number of sulfonamides is 1. The van der Waals surface area contributed by atoms with Crippen molar-refractivity contribution in [1.29, 1.82) is 0 Å². The Labute approximate surface area is 161 Å². The fourth-order valence-electron chi connectivity index (χ4n) is 2.70. The van der Waals surface area contributed by atoms with Crippen LogP contribution in [0.25, 0.3) is 10.9 Å². The molecule has 0 saturated heterocycles. The van der Waals surface area contributed by atoms with Crippen molar-refractivity contribution in [3.8, 4) is 0 Å². The molecule has 8 heteroatoms. The van der Waals surface area contributed by atoms with Crippen molar-refractivity contribution < 1.29 is 12.8 Å². The first-order valence-electron chi connectivity index (χ1n) is 8.36. The van der Waals surface area contributed by atoms with Gasteiger partial charge in [-0.05, 0) is 48.5 Å². The minimum absolute atomic E-state index is 0.0419.